The lowest BCUT2D eigenvalue weighted by Crippen LogP contribution is -1.88. The van der Waals surface area contributed by atoms with Gasteiger partial charge in [-0.2, -0.15) is 0 Å². The molecule has 0 unspecified atom stereocenters. The van der Waals surface area contributed by atoms with E-state index in [1.807, 2.05) is 19.9 Å². The Balaban J connectivity index is 2.22. The third-order valence-corrected chi connectivity index (χ3v) is 3.13. The van der Waals surface area contributed by atoms with Crippen LogP contribution in [0.25, 0.3) is 22.4 Å². The number of nitrogen functional groups attached to an aromatic ring is 1. The van der Waals surface area contributed by atoms with Crippen LogP contribution in [0, 0.1) is 19.7 Å². The fourth-order valence-electron chi connectivity index (χ4n) is 2.28. The van der Waals surface area contributed by atoms with Crippen molar-refractivity contribution in [2.45, 2.75) is 13.8 Å². The number of anilines is 1. The van der Waals surface area contributed by atoms with Crippen LogP contribution in [0.3, 0.4) is 0 Å². The molecule has 2 aromatic heterocycles. The maximum absolute atomic E-state index is 13.4. The number of furan rings is 1. The standard InChI is InChI=1S/C15H13FN2O2/c1-8-6-12(9(2)19-8)14-13(15(17)20-18-14)10-4-3-5-11(16)7-10/h3-7H,17H2,1-2H3. The molecule has 0 spiro atoms. The van der Waals surface area contributed by atoms with Crippen molar-refractivity contribution >= 4 is 5.88 Å². The Labute approximate surface area is 115 Å². The van der Waals surface area contributed by atoms with E-state index in [9.17, 15) is 4.39 Å². The number of aromatic nitrogens is 1. The van der Waals surface area contributed by atoms with Crippen LogP contribution in [0.1, 0.15) is 11.5 Å². The van der Waals surface area contributed by atoms with Gasteiger partial charge in [0.2, 0.25) is 5.88 Å². The molecule has 3 aromatic rings. The van der Waals surface area contributed by atoms with Crippen LogP contribution in [0.4, 0.5) is 10.3 Å². The van der Waals surface area contributed by atoms with Gasteiger partial charge in [-0.15, -0.1) is 0 Å². The van der Waals surface area contributed by atoms with Crippen molar-refractivity contribution in [1.82, 2.24) is 5.16 Å². The van der Waals surface area contributed by atoms with E-state index >= 15 is 0 Å². The van der Waals surface area contributed by atoms with Gasteiger partial charge in [0.05, 0.1) is 5.56 Å². The van der Waals surface area contributed by atoms with Crippen LogP contribution in [0.2, 0.25) is 0 Å². The van der Waals surface area contributed by atoms with Crippen LogP contribution < -0.4 is 5.73 Å². The molecule has 0 fully saturated rings. The molecule has 0 aliphatic carbocycles. The second kappa shape index (κ2) is 4.52. The van der Waals surface area contributed by atoms with Crippen LogP contribution in [-0.2, 0) is 0 Å². The number of nitrogens with zero attached hydrogens (tertiary/aromatic N) is 1. The number of aryl methyl sites for hydroxylation is 2. The second-order valence-corrected chi connectivity index (χ2v) is 4.61. The van der Waals surface area contributed by atoms with Gasteiger partial charge >= 0.3 is 0 Å². The van der Waals surface area contributed by atoms with E-state index in [0.29, 0.717) is 22.6 Å². The fourth-order valence-corrected chi connectivity index (χ4v) is 2.28. The summed E-state index contributed by atoms with van der Waals surface area (Å²) in [6, 6.07) is 8.01. The highest BCUT2D eigenvalue weighted by molar-refractivity contribution is 5.87. The van der Waals surface area contributed by atoms with Crippen molar-refractivity contribution in [2.75, 3.05) is 5.73 Å². The predicted octanol–water partition coefficient (Wildman–Crippen LogP) is 3.94. The summed E-state index contributed by atoms with van der Waals surface area (Å²) in [4.78, 5) is 0. The van der Waals surface area contributed by atoms with Gasteiger partial charge in [-0.3, -0.25) is 0 Å². The Morgan fingerprint density at radius 1 is 1.20 bits per heavy atom. The molecular weight excluding hydrogens is 259 g/mol. The van der Waals surface area contributed by atoms with E-state index in [1.165, 1.54) is 12.1 Å². The zero-order valence-electron chi connectivity index (χ0n) is 11.1. The van der Waals surface area contributed by atoms with Gasteiger partial charge in [0.15, 0.2) is 0 Å². The first kappa shape index (κ1) is 12.5. The molecule has 102 valence electrons. The minimum atomic E-state index is -0.339. The second-order valence-electron chi connectivity index (χ2n) is 4.61. The first-order chi connectivity index (χ1) is 9.56. The lowest BCUT2D eigenvalue weighted by atomic mass is 10.0. The Morgan fingerprint density at radius 2 is 2.00 bits per heavy atom. The maximum atomic E-state index is 13.4. The minimum absolute atomic E-state index is 0.156. The minimum Gasteiger partial charge on any atom is -0.466 e. The molecule has 0 aliphatic rings. The molecule has 20 heavy (non-hydrogen) atoms. The largest absolute Gasteiger partial charge is 0.466 e. The Morgan fingerprint density at radius 3 is 2.65 bits per heavy atom. The summed E-state index contributed by atoms with van der Waals surface area (Å²) in [6.07, 6.45) is 0. The fraction of sp³-hybridized carbons (Fsp3) is 0.133. The summed E-state index contributed by atoms with van der Waals surface area (Å²) in [5, 5.41) is 3.98. The normalized spacial score (nSPS) is 10.9. The highest BCUT2D eigenvalue weighted by Crippen LogP contribution is 2.38. The van der Waals surface area contributed by atoms with Crippen molar-refractivity contribution in [3.63, 3.8) is 0 Å². The molecular formula is C15H13FN2O2. The SMILES string of the molecule is Cc1cc(-c2noc(N)c2-c2cccc(F)c2)c(C)o1. The van der Waals surface area contributed by atoms with E-state index in [0.717, 1.165) is 11.3 Å². The van der Waals surface area contributed by atoms with Crippen molar-refractivity contribution in [3.8, 4) is 22.4 Å². The summed E-state index contributed by atoms with van der Waals surface area (Å²) in [5.41, 5.74) is 8.39. The van der Waals surface area contributed by atoms with Gasteiger partial charge in [0, 0.05) is 5.56 Å². The van der Waals surface area contributed by atoms with Crippen molar-refractivity contribution in [2.24, 2.45) is 0 Å². The number of hydrogen-bond acceptors (Lipinski definition) is 4. The average Bonchev–Trinajstić information content (AvgIpc) is 2.92. The first-order valence-electron chi connectivity index (χ1n) is 6.14. The van der Waals surface area contributed by atoms with E-state index in [1.54, 1.807) is 12.1 Å². The number of benzene rings is 1. The number of halogens is 1. The lowest BCUT2D eigenvalue weighted by molar-refractivity contribution is 0.439. The Hall–Kier alpha value is -2.56. The third kappa shape index (κ3) is 1.97. The zero-order chi connectivity index (χ0) is 14.3. The molecule has 0 saturated carbocycles. The molecule has 0 bridgehead atoms. The van der Waals surface area contributed by atoms with Crippen LogP contribution >= 0.6 is 0 Å². The van der Waals surface area contributed by atoms with Crippen LogP contribution in [-0.4, -0.2) is 5.16 Å². The van der Waals surface area contributed by atoms with Gasteiger partial charge in [0.1, 0.15) is 23.0 Å². The first-order valence-corrected chi connectivity index (χ1v) is 6.14. The quantitative estimate of drug-likeness (QED) is 0.767. The number of rotatable bonds is 2. The van der Waals surface area contributed by atoms with Crippen molar-refractivity contribution in [3.05, 3.63) is 47.7 Å². The molecule has 0 radical (unpaired) electrons. The van der Waals surface area contributed by atoms with Crippen LogP contribution in [0.5, 0.6) is 0 Å². The third-order valence-electron chi connectivity index (χ3n) is 3.13. The molecule has 1 aromatic carbocycles. The topological polar surface area (TPSA) is 65.2 Å². The van der Waals surface area contributed by atoms with E-state index in [2.05, 4.69) is 5.16 Å². The zero-order valence-corrected chi connectivity index (χ0v) is 11.1. The van der Waals surface area contributed by atoms with Gasteiger partial charge in [-0.25, -0.2) is 4.39 Å². The maximum Gasteiger partial charge on any atom is 0.230 e. The lowest BCUT2D eigenvalue weighted by Gasteiger charge is -2.02. The highest BCUT2D eigenvalue weighted by Gasteiger charge is 2.21. The van der Waals surface area contributed by atoms with Gasteiger partial charge in [-0.1, -0.05) is 17.3 Å². The summed E-state index contributed by atoms with van der Waals surface area (Å²) in [7, 11) is 0. The molecule has 0 amide bonds. The molecule has 0 atom stereocenters. The summed E-state index contributed by atoms with van der Waals surface area (Å²) < 4.78 is 24.0. The molecule has 0 saturated heterocycles. The molecule has 2 N–H and O–H groups in total. The van der Waals surface area contributed by atoms with E-state index in [4.69, 9.17) is 14.7 Å². The number of nitrogens with two attached hydrogens (primary N) is 1. The van der Waals surface area contributed by atoms with Gasteiger partial charge < -0.3 is 14.7 Å². The van der Waals surface area contributed by atoms with Crippen molar-refractivity contribution in [1.29, 1.82) is 0 Å². The molecule has 2 heterocycles. The molecule has 0 aliphatic heterocycles. The van der Waals surface area contributed by atoms with E-state index < -0.39 is 0 Å². The van der Waals surface area contributed by atoms with Gasteiger partial charge in [0.25, 0.3) is 0 Å². The Kier molecular flexibility index (Phi) is 2.82. The van der Waals surface area contributed by atoms with Gasteiger partial charge in [-0.05, 0) is 37.6 Å². The summed E-state index contributed by atoms with van der Waals surface area (Å²) in [5.74, 6) is 1.30. The number of hydrogen-bond donors (Lipinski definition) is 1. The van der Waals surface area contributed by atoms with E-state index in [-0.39, 0.29) is 11.7 Å². The monoisotopic (exact) mass is 272 g/mol. The Bertz CT molecular complexity index is 774. The predicted molar refractivity (Wildman–Crippen MR) is 73.5 cm³/mol. The molecule has 5 heteroatoms. The molecule has 3 rings (SSSR count). The smallest absolute Gasteiger partial charge is 0.230 e. The summed E-state index contributed by atoms with van der Waals surface area (Å²) in [6.45, 7) is 3.68. The van der Waals surface area contributed by atoms with Crippen molar-refractivity contribution < 1.29 is 13.3 Å². The highest BCUT2D eigenvalue weighted by atomic mass is 19.1. The summed E-state index contributed by atoms with van der Waals surface area (Å²) >= 11 is 0. The molecule has 4 nitrogen and oxygen atoms in total. The average molecular weight is 272 g/mol. The van der Waals surface area contributed by atoms with Crippen LogP contribution in [0.15, 0.2) is 39.3 Å².